The minimum atomic E-state index is -0.314. The van der Waals surface area contributed by atoms with Gasteiger partial charge in [0, 0.05) is 18.5 Å². The topological polar surface area (TPSA) is 79.8 Å². The van der Waals surface area contributed by atoms with Crippen molar-refractivity contribution in [2.75, 3.05) is 0 Å². The van der Waals surface area contributed by atoms with Gasteiger partial charge in [-0.2, -0.15) is 0 Å². The van der Waals surface area contributed by atoms with Crippen LogP contribution in [0, 0.1) is 5.92 Å². The molecule has 2 aromatic heterocycles. The van der Waals surface area contributed by atoms with Crippen molar-refractivity contribution in [3.8, 4) is 5.69 Å². The second-order valence-corrected chi connectivity index (χ2v) is 6.62. The molecule has 134 valence electrons. The van der Waals surface area contributed by atoms with Gasteiger partial charge in [0.2, 0.25) is 0 Å². The van der Waals surface area contributed by atoms with Crippen LogP contribution in [0.25, 0.3) is 5.69 Å². The summed E-state index contributed by atoms with van der Waals surface area (Å²) < 4.78 is 1.36. The lowest BCUT2D eigenvalue weighted by Gasteiger charge is -2.20. The van der Waals surface area contributed by atoms with E-state index in [-0.39, 0.29) is 23.2 Å². The van der Waals surface area contributed by atoms with Crippen molar-refractivity contribution in [1.29, 1.82) is 0 Å². The van der Waals surface area contributed by atoms with Crippen molar-refractivity contribution in [1.82, 2.24) is 20.1 Å². The van der Waals surface area contributed by atoms with Crippen molar-refractivity contribution in [3.05, 3.63) is 82.5 Å². The second kappa shape index (κ2) is 7.82. The minimum Gasteiger partial charge on any atom is -0.344 e. The van der Waals surface area contributed by atoms with Gasteiger partial charge < -0.3 is 5.32 Å². The molecule has 3 aromatic rings. The highest BCUT2D eigenvalue weighted by molar-refractivity contribution is 5.92. The number of para-hydroxylation sites is 1. The highest BCUT2D eigenvalue weighted by Crippen LogP contribution is 2.20. The first-order valence-electron chi connectivity index (χ1n) is 8.63. The van der Waals surface area contributed by atoms with Crippen LogP contribution in [0.1, 0.15) is 42.4 Å². The Labute approximate surface area is 151 Å². The predicted octanol–water partition coefficient (Wildman–Crippen LogP) is 3.08. The molecule has 0 spiro atoms. The van der Waals surface area contributed by atoms with E-state index in [1.165, 1.54) is 10.7 Å². The molecule has 0 bridgehead atoms. The van der Waals surface area contributed by atoms with Gasteiger partial charge in [-0.25, -0.2) is 4.68 Å². The lowest BCUT2D eigenvalue weighted by atomic mass is 9.98. The molecule has 26 heavy (non-hydrogen) atoms. The largest absolute Gasteiger partial charge is 0.344 e. The molecule has 0 saturated carbocycles. The number of amides is 1. The number of H-pyrrole nitrogens is 1. The zero-order chi connectivity index (χ0) is 18.5. The van der Waals surface area contributed by atoms with E-state index in [1.807, 2.05) is 30.3 Å². The van der Waals surface area contributed by atoms with E-state index in [4.69, 9.17) is 0 Å². The highest BCUT2D eigenvalue weighted by Gasteiger charge is 2.19. The summed E-state index contributed by atoms with van der Waals surface area (Å²) >= 11 is 0. The molecule has 1 atom stereocenters. The predicted molar refractivity (Wildman–Crippen MR) is 100 cm³/mol. The number of rotatable bonds is 6. The maximum atomic E-state index is 12.7. The molecule has 6 nitrogen and oxygen atoms in total. The van der Waals surface area contributed by atoms with Crippen molar-refractivity contribution >= 4 is 5.91 Å². The fourth-order valence-electron chi connectivity index (χ4n) is 2.85. The summed E-state index contributed by atoms with van der Waals surface area (Å²) in [6.45, 7) is 4.20. The van der Waals surface area contributed by atoms with Crippen molar-refractivity contribution < 1.29 is 4.79 Å². The number of nitrogens with one attached hydrogen (secondary N) is 2. The van der Waals surface area contributed by atoms with Gasteiger partial charge >= 0.3 is 0 Å². The van der Waals surface area contributed by atoms with Gasteiger partial charge in [0.1, 0.15) is 5.69 Å². The Kier molecular flexibility index (Phi) is 5.31. The van der Waals surface area contributed by atoms with E-state index >= 15 is 0 Å². The molecule has 0 aliphatic carbocycles. The van der Waals surface area contributed by atoms with Gasteiger partial charge in [0.05, 0.1) is 11.7 Å². The lowest BCUT2D eigenvalue weighted by molar-refractivity contribution is 0.0926. The Bertz CT molecular complexity index is 914. The first kappa shape index (κ1) is 17.7. The van der Waals surface area contributed by atoms with E-state index in [2.05, 4.69) is 29.2 Å². The normalized spacial score (nSPS) is 12.1. The third-order valence-electron chi connectivity index (χ3n) is 4.08. The average molecular weight is 350 g/mol. The monoisotopic (exact) mass is 350 g/mol. The molecule has 3 rings (SSSR count). The molecule has 1 aromatic carbocycles. The minimum absolute atomic E-state index is 0.167. The summed E-state index contributed by atoms with van der Waals surface area (Å²) in [5, 5.41) is 5.89. The second-order valence-electron chi connectivity index (χ2n) is 6.62. The number of pyridine rings is 1. The van der Waals surface area contributed by atoms with Gasteiger partial charge in [-0.3, -0.25) is 19.7 Å². The third-order valence-corrected chi connectivity index (χ3v) is 4.08. The first-order chi connectivity index (χ1) is 12.5. The molecule has 6 heteroatoms. The van der Waals surface area contributed by atoms with Crippen LogP contribution < -0.4 is 10.9 Å². The number of hydrogen-bond acceptors (Lipinski definition) is 3. The van der Waals surface area contributed by atoms with Gasteiger partial charge in [-0.05, 0) is 36.1 Å². The first-order valence-corrected chi connectivity index (χ1v) is 8.63. The molecule has 0 aliphatic rings. The van der Waals surface area contributed by atoms with Crippen molar-refractivity contribution in [2.45, 2.75) is 26.3 Å². The molecule has 0 aliphatic heterocycles. The number of hydrogen-bond donors (Lipinski definition) is 2. The Morgan fingerprint density at radius 2 is 1.96 bits per heavy atom. The summed E-state index contributed by atoms with van der Waals surface area (Å²) in [4.78, 5) is 29.0. The van der Waals surface area contributed by atoms with Crippen LogP contribution in [-0.4, -0.2) is 20.7 Å². The molecule has 0 fully saturated rings. The molecule has 1 unspecified atom stereocenters. The third kappa shape index (κ3) is 4.08. The number of carbonyl (C=O) groups excluding carboxylic acids is 1. The van der Waals surface area contributed by atoms with Crippen molar-refractivity contribution in [2.24, 2.45) is 5.92 Å². The Morgan fingerprint density at radius 1 is 1.19 bits per heavy atom. The number of aromatic nitrogens is 3. The highest BCUT2D eigenvalue weighted by atomic mass is 16.2. The van der Waals surface area contributed by atoms with E-state index in [0.29, 0.717) is 11.6 Å². The molecule has 2 heterocycles. The molecular formula is C20H22N4O2. The zero-order valence-corrected chi connectivity index (χ0v) is 14.8. The summed E-state index contributed by atoms with van der Waals surface area (Å²) in [5.74, 6) is 0.0831. The Morgan fingerprint density at radius 3 is 2.62 bits per heavy atom. The van der Waals surface area contributed by atoms with E-state index < -0.39 is 0 Å². The van der Waals surface area contributed by atoms with Gasteiger partial charge in [-0.1, -0.05) is 38.1 Å². The maximum absolute atomic E-state index is 12.7. The van der Waals surface area contributed by atoms with Crippen LogP contribution in [0.3, 0.4) is 0 Å². The van der Waals surface area contributed by atoms with Crippen LogP contribution in [0.2, 0.25) is 0 Å². The standard InChI is InChI=1S/C20H22N4O2/c1-14(2)11-17(15-7-6-10-21-13-15)22-20(26)18-12-19(25)24(23-18)16-8-4-3-5-9-16/h3-10,12-14,17,23H,11H2,1-2H3,(H,22,26). The molecule has 0 saturated heterocycles. The van der Waals surface area contributed by atoms with E-state index in [9.17, 15) is 9.59 Å². The maximum Gasteiger partial charge on any atom is 0.271 e. The summed E-state index contributed by atoms with van der Waals surface area (Å²) in [7, 11) is 0. The van der Waals surface area contributed by atoms with Crippen LogP contribution in [0.4, 0.5) is 0 Å². The number of aromatic amines is 1. The van der Waals surface area contributed by atoms with Gasteiger partial charge in [-0.15, -0.1) is 0 Å². The van der Waals surface area contributed by atoms with Gasteiger partial charge in [0.15, 0.2) is 0 Å². The number of benzene rings is 1. The lowest BCUT2D eigenvalue weighted by Crippen LogP contribution is -2.30. The average Bonchev–Trinajstić information content (AvgIpc) is 3.04. The quantitative estimate of drug-likeness (QED) is 0.717. The van der Waals surface area contributed by atoms with E-state index in [1.54, 1.807) is 24.5 Å². The SMILES string of the molecule is CC(C)CC(NC(=O)c1cc(=O)n(-c2ccccc2)[nH]1)c1cccnc1. The van der Waals surface area contributed by atoms with Crippen LogP contribution in [-0.2, 0) is 0 Å². The molecule has 0 radical (unpaired) electrons. The summed E-state index contributed by atoms with van der Waals surface area (Å²) in [5.41, 5.74) is 1.58. The van der Waals surface area contributed by atoms with Crippen LogP contribution in [0.5, 0.6) is 0 Å². The van der Waals surface area contributed by atoms with Crippen molar-refractivity contribution in [3.63, 3.8) is 0 Å². The molecule has 1 amide bonds. The number of carbonyl (C=O) groups is 1. The van der Waals surface area contributed by atoms with Gasteiger partial charge in [0.25, 0.3) is 11.5 Å². The summed E-state index contributed by atoms with van der Waals surface area (Å²) in [6, 6.07) is 14.1. The van der Waals surface area contributed by atoms with E-state index in [0.717, 1.165) is 12.0 Å². The fourth-order valence-corrected chi connectivity index (χ4v) is 2.85. The van der Waals surface area contributed by atoms with Crippen LogP contribution >= 0.6 is 0 Å². The molecular weight excluding hydrogens is 328 g/mol. The Balaban J connectivity index is 1.83. The molecule has 2 N–H and O–H groups in total. The van der Waals surface area contributed by atoms with Crippen LogP contribution in [0.15, 0.2) is 65.7 Å². The zero-order valence-electron chi connectivity index (χ0n) is 14.8. The smallest absolute Gasteiger partial charge is 0.271 e. The summed E-state index contributed by atoms with van der Waals surface area (Å²) in [6.07, 6.45) is 4.24. The number of nitrogens with zero attached hydrogens (tertiary/aromatic N) is 2. The fraction of sp³-hybridized carbons (Fsp3) is 0.250. The Hall–Kier alpha value is -3.15.